The smallest absolute Gasteiger partial charge is 0.306 e. The van der Waals surface area contributed by atoms with Crippen LogP contribution in [0.1, 0.15) is 11.1 Å². The fourth-order valence-electron chi connectivity index (χ4n) is 3.65. The van der Waals surface area contributed by atoms with Gasteiger partial charge in [-0.15, -0.1) is 0 Å². The highest BCUT2D eigenvalue weighted by Gasteiger charge is 2.19. The lowest BCUT2D eigenvalue weighted by Crippen LogP contribution is -2.17. The van der Waals surface area contributed by atoms with Crippen molar-refractivity contribution >= 4 is 16.6 Å². The summed E-state index contributed by atoms with van der Waals surface area (Å²) < 4.78 is 1.70. The minimum atomic E-state index is -0.185. The fourth-order valence-corrected chi connectivity index (χ4v) is 3.65. The van der Waals surface area contributed by atoms with E-state index >= 15 is 0 Å². The van der Waals surface area contributed by atoms with Gasteiger partial charge in [0.15, 0.2) is 5.65 Å². The van der Waals surface area contributed by atoms with Crippen LogP contribution in [0.4, 0.5) is 0 Å². The third-order valence-corrected chi connectivity index (χ3v) is 5.14. The van der Waals surface area contributed by atoms with Crippen LogP contribution in [-0.4, -0.2) is 14.4 Å². The molecule has 0 bridgehead atoms. The molecule has 0 aliphatic heterocycles. The van der Waals surface area contributed by atoms with Crippen LogP contribution >= 0.6 is 0 Å². The van der Waals surface area contributed by atoms with Gasteiger partial charge in [-0.2, -0.15) is 0 Å². The maximum atomic E-state index is 13.0. The van der Waals surface area contributed by atoms with Crippen LogP contribution in [0, 0.1) is 13.8 Å². The highest BCUT2D eigenvalue weighted by molar-refractivity contribution is 5.95. The molecule has 0 aliphatic carbocycles. The Morgan fingerprint density at radius 1 is 0.786 bits per heavy atom. The lowest BCUT2D eigenvalue weighted by atomic mass is 10.0. The molecule has 0 amide bonds. The molecule has 1 N–H and O–H groups in total. The summed E-state index contributed by atoms with van der Waals surface area (Å²) >= 11 is 0. The standard InChI is InChI=1S/C24H19N3O/c1-15-7-11-17(12-8-15)21-22(18-13-9-16(2)10-14-18)27-23(26-21)19-5-3-4-6-20(19)25-24(27)28/h3-14H,1-2H3,(H,25,28). The molecule has 0 spiro atoms. The number of aromatic amines is 1. The van der Waals surface area contributed by atoms with E-state index in [0.717, 1.165) is 33.4 Å². The van der Waals surface area contributed by atoms with Crippen LogP contribution in [0.3, 0.4) is 0 Å². The molecule has 5 rings (SSSR count). The molecule has 0 unspecified atom stereocenters. The predicted molar refractivity (Wildman–Crippen MR) is 114 cm³/mol. The molecule has 0 fully saturated rings. The van der Waals surface area contributed by atoms with Crippen molar-refractivity contribution in [3.05, 3.63) is 94.4 Å². The topological polar surface area (TPSA) is 50.2 Å². The van der Waals surface area contributed by atoms with Crippen LogP contribution in [-0.2, 0) is 0 Å². The second kappa shape index (κ2) is 6.20. The van der Waals surface area contributed by atoms with E-state index in [9.17, 15) is 4.79 Å². The highest BCUT2D eigenvalue weighted by Crippen LogP contribution is 2.33. The SMILES string of the molecule is Cc1ccc(-c2nc3c4ccccc4[nH]c(=O)n3c2-c2ccc(C)cc2)cc1. The molecule has 3 aromatic carbocycles. The molecule has 136 valence electrons. The number of imidazole rings is 1. The van der Waals surface area contributed by atoms with Gasteiger partial charge in [0.2, 0.25) is 0 Å². The number of hydrogen-bond acceptors (Lipinski definition) is 2. The van der Waals surface area contributed by atoms with Gasteiger partial charge in [-0.1, -0.05) is 71.8 Å². The van der Waals surface area contributed by atoms with Gasteiger partial charge in [-0.3, -0.25) is 0 Å². The monoisotopic (exact) mass is 365 g/mol. The first-order chi connectivity index (χ1) is 13.6. The van der Waals surface area contributed by atoms with Crippen molar-refractivity contribution in [2.24, 2.45) is 0 Å². The molecule has 0 radical (unpaired) electrons. The Hall–Kier alpha value is -3.66. The average Bonchev–Trinajstić information content (AvgIpc) is 3.11. The van der Waals surface area contributed by atoms with E-state index in [1.54, 1.807) is 4.40 Å². The lowest BCUT2D eigenvalue weighted by Gasteiger charge is -2.07. The summed E-state index contributed by atoms with van der Waals surface area (Å²) in [4.78, 5) is 21.0. The van der Waals surface area contributed by atoms with Crippen molar-refractivity contribution in [2.75, 3.05) is 0 Å². The van der Waals surface area contributed by atoms with Crippen molar-refractivity contribution in [3.63, 3.8) is 0 Å². The van der Waals surface area contributed by atoms with E-state index in [-0.39, 0.29) is 5.69 Å². The van der Waals surface area contributed by atoms with Gasteiger partial charge in [-0.25, -0.2) is 14.2 Å². The molecule has 2 aromatic heterocycles. The van der Waals surface area contributed by atoms with E-state index in [4.69, 9.17) is 4.98 Å². The molecule has 0 aliphatic rings. The van der Waals surface area contributed by atoms with Gasteiger partial charge >= 0.3 is 5.69 Å². The zero-order valence-corrected chi connectivity index (χ0v) is 15.7. The third kappa shape index (κ3) is 2.54. The number of nitrogens with one attached hydrogen (secondary N) is 1. The third-order valence-electron chi connectivity index (χ3n) is 5.14. The molecule has 0 saturated heterocycles. The molecular formula is C24H19N3O. The number of rotatable bonds is 2. The maximum absolute atomic E-state index is 13.0. The molecule has 2 heterocycles. The number of hydrogen-bond donors (Lipinski definition) is 1. The molecular weight excluding hydrogens is 346 g/mol. The van der Waals surface area contributed by atoms with E-state index in [1.807, 2.05) is 36.4 Å². The van der Waals surface area contributed by atoms with Crippen LogP contribution in [0.5, 0.6) is 0 Å². The molecule has 0 saturated carbocycles. The quantitative estimate of drug-likeness (QED) is 0.472. The van der Waals surface area contributed by atoms with Crippen LogP contribution in [0.15, 0.2) is 77.6 Å². The molecule has 28 heavy (non-hydrogen) atoms. The normalized spacial score (nSPS) is 11.4. The molecule has 4 nitrogen and oxygen atoms in total. The Balaban J connectivity index is 1.94. The van der Waals surface area contributed by atoms with Crippen molar-refractivity contribution in [3.8, 4) is 22.5 Å². The number of aryl methyl sites for hydroxylation is 2. The summed E-state index contributed by atoms with van der Waals surface area (Å²) in [5.74, 6) is 0. The zero-order chi connectivity index (χ0) is 19.3. The van der Waals surface area contributed by atoms with Crippen LogP contribution in [0.25, 0.3) is 39.1 Å². The second-order valence-electron chi connectivity index (χ2n) is 7.18. The molecule has 4 heteroatoms. The van der Waals surface area contributed by atoms with Crippen molar-refractivity contribution < 1.29 is 0 Å². The predicted octanol–water partition coefficient (Wildman–Crippen LogP) is 5.13. The van der Waals surface area contributed by atoms with E-state index in [1.165, 1.54) is 11.1 Å². The lowest BCUT2D eigenvalue weighted by molar-refractivity contribution is 1.04. The van der Waals surface area contributed by atoms with Crippen LogP contribution in [0.2, 0.25) is 0 Å². The maximum Gasteiger partial charge on any atom is 0.332 e. The first-order valence-corrected chi connectivity index (χ1v) is 9.29. The van der Waals surface area contributed by atoms with Gasteiger partial charge in [0.05, 0.1) is 16.9 Å². The first kappa shape index (κ1) is 16.5. The Labute approximate surface area is 162 Å². The Bertz CT molecular complexity index is 1370. The second-order valence-corrected chi connectivity index (χ2v) is 7.18. The number of nitrogens with zero attached hydrogens (tertiary/aromatic N) is 2. The van der Waals surface area contributed by atoms with Gasteiger partial charge in [0.1, 0.15) is 0 Å². The highest BCUT2D eigenvalue weighted by atomic mass is 16.1. The number of fused-ring (bicyclic) bond motifs is 3. The number of H-pyrrole nitrogens is 1. The number of aromatic nitrogens is 3. The zero-order valence-electron chi connectivity index (χ0n) is 15.7. The summed E-state index contributed by atoms with van der Waals surface area (Å²) in [6.07, 6.45) is 0. The summed E-state index contributed by atoms with van der Waals surface area (Å²) in [6, 6.07) is 24.2. The van der Waals surface area contributed by atoms with Gasteiger partial charge in [0, 0.05) is 16.5 Å². The van der Waals surface area contributed by atoms with Gasteiger partial charge in [0.25, 0.3) is 0 Å². The van der Waals surface area contributed by atoms with Crippen molar-refractivity contribution in [1.82, 2.24) is 14.4 Å². The average molecular weight is 365 g/mol. The fraction of sp³-hybridized carbons (Fsp3) is 0.0833. The summed E-state index contributed by atoms with van der Waals surface area (Å²) in [5, 5.41) is 0.925. The number of para-hydroxylation sites is 1. The van der Waals surface area contributed by atoms with E-state index in [2.05, 4.69) is 55.2 Å². The first-order valence-electron chi connectivity index (χ1n) is 9.29. The van der Waals surface area contributed by atoms with Gasteiger partial charge < -0.3 is 4.98 Å². The summed E-state index contributed by atoms with van der Waals surface area (Å²) in [7, 11) is 0. The Kier molecular flexibility index (Phi) is 3.66. The van der Waals surface area contributed by atoms with E-state index in [0.29, 0.717) is 5.65 Å². The van der Waals surface area contributed by atoms with Crippen molar-refractivity contribution in [1.29, 1.82) is 0 Å². The Morgan fingerprint density at radius 3 is 2.07 bits per heavy atom. The summed E-state index contributed by atoms with van der Waals surface area (Å²) in [5.41, 5.74) is 7.22. The van der Waals surface area contributed by atoms with Crippen LogP contribution < -0.4 is 5.69 Å². The Morgan fingerprint density at radius 2 is 1.39 bits per heavy atom. The minimum Gasteiger partial charge on any atom is -0.306 e. The minimum absolute atomic E-state index is 0.185. The number of benzene rings is 3. The molecule has 5 aromatic rings. The molecule has 0 atom stereocenters. The van der Waals surface area contributed by atoms with Crippen molar-refractivity contribution in [2.45, 2.75) is 13.8 Å². The van der Waals surface area contributed by atoms with E-state index < -0.39 is 0 Å². The summed E-state index contributed by atoms with van der Waals surface area (Å²) in [6.45, 7) is 4.12. The van der Waals surface area contributed by atoms with Gasteiger partial charge in [-0.05, 0) is 26.0 Å². The largest absolute Gasteiger partial charge is 0.332 e.